The van der Waals surface area contributed by atoms with Gasteiger partial charge in [0, 0.05) is 22.5 Å². The first-order valence-electron chi connectivity index (χ1n) is 21.2. The van der Waals surface area contributed by atoms with Gasteiger partial charge in [-0.05, 0) is 148 Å². The molecular formula is C56H54N4. The van der Waals surface area contributed by atoms with Crippen molar-refractivity contribution >= 4 is 23.0 Å². The van der Waals surface area contributed by atoms with Gasteiger partial charge in [0.25, 0.3) is 0 Å². The van der Waals surface area contributed by atoms with Gasteiger partial charge in [0.05, 0.1) is 22.2 Å². The summed E-state index contributed by atoms with van der Waals surface area (Å²) >= 11 is 0. The molecule has 7 aromatic rings. The summed E-state index contributed by atoms with van der Waals surface area (Å²) in [7, 11) is 0. The van der Waals surface area contributed by atoms with Crippen molar-refractivity contribution in [2.24, 2.45) is 9.98 Å². The molecular weight excluding hydrogens is 729 g/mol. The van der Waals surface area contributed by atoms with Crippen LogP contribution < -0.4 is 9.80 Å². The van der Waals surface area contributed by atoms with Crippen LogP contribution in [0.1, 0.15) is 66.5 Å². The van der Waals surface area contributed by atoms with E-state index in [1.807, 2.05) is 0 Å². The maximum absolute atomic E-state index is 5.35. The van der Waals surface area contributed by atoms with Crippen LogP contribution in [0.5, 0.6) is 0 Å². The smallest absolute Gasteiger partial charge is 0.136 e. The molecule has 2 aliphatic heterocycles. The molecule has 0 radical (unpaired) electrons. The summed E-state index contributed by atoms with van der Waals surface area (Å²) in [5.74, 6) is 2.00. The summed E-state index contributed by atoms with van der Waals surface area (Å²) in [4.78, 5) is 15.5. The molecule has 0 aliphatic carbocycles. The lowest BCUT2D eigenvalue weighted by Gasteiger charge is -2.41. The van der Waals surface area contributed by atoms with Gasteiger partial charge >= 0.3 is 0 Å². The Bertz CT molecular complexity index is 2580. The van der Waals surface area contributed by atoms with E-state index in [1.54, 1.807) is 0 Å². The highest BCUT2D eigenvalue weighted by Gasteiger charge is 2.50. The van der Waals surface area contributed by atoms with Crippen molar-refractivity contribution < 1.29 is 0 Å². The van der Waals surface area contributed by atoms with E-state index in [0.29, 0.717) is 0 Å². The summed E-state index contributed by atoms with van der Waals surface area (Å²) in [6, 6.07) is 65.8. The summed E-state index contributed by atoms with van der Waals surface area (Å²) in [6.45, 7) is 18.1. The zero-order valence-corrected chi connectivity index (χ0v) is 36.1. The Balaban J connectivity index is 1.12. The summed E-state index contributed by atoms with van der Waals surface area (Å²) in [6.07, 6.45) is 0. The maximum Gasteiger partial charge on any atom is 0.136 e. The fraction of sp³-hybridized carbons (Fsp3) is 0.214. The normalized spacial score (nSPS) is 17.3. The first-order valence-corrected chi connectivity index (χ1v) is 21.2. The fourth-order valence-corrected chi connectivity index (χ4v) is 8.67. The molecule has 0 spiro atoms. The summed E-state index contributed by atoms with van der Waals surface area (Å²) in [5.41, 5.74) is 12.9. The van der Waals surface area contributed by atoms with Crippen molar-refractivity contribution in [3.63, 3.8) is 0 Å². The maximum atomic E-state index is 5.35. The Hall–Kier alpha value is -6.52. The fourth-order valence-electron chi connectivity index (χ4n) is 8.67. The number of hydrogen-bond donors (Lipinski definition) is 0. The Morgan fingerprint density at radius 3 is 0.967 bits per heavy atom. The number of para-hydroxylation sites is 2. The second kappa shape index (κ2) is 14.6. The zero-order valence-electron chi connectivity index (χ0n) is 36.1. The first kappa shape index (κ1) is 39.0. The Labute approximate surface area is 356 Å². The second-order valence-corrected chi connectivity index (χ2v) is 18.3. The number of amidine groups is 2. The summed E-state index contributed by atoms with van der Waals surface area (Å²) in [5, 5.41) is 0. The largest absolute Gasteiger partial charge is 0.318 e. The van der Waals surface area contributed by atoms with Crippen molar-refractivity contribution in [1.82, 2.24) is 0 Å². The average molecular weight is 783 g/mol. The minimum Gasteiger partial charge on any atom is -0.318 e. The predicted molar refractivity (Wildman–Crippen MR) is 255 cm³/mol. The number of aliphatic imine (C=N–C) groups is 2. The lowest BCUT2D eigenvalue weighted by molar-refractivity contribution is 0.338. The van der Waals surface area contributed by atoms with E-state index < -0.39 is 0 Å². The van der Waals surface area contributed by atoms with Crippen LogP contribution in [0.3, 0.4) is 0 Å². The van der Waals surface area contributed by atoms with Gasteiger partial charge in [-0.3, -0.25) is 9.98 Å². The average Bonchev–Trinajstić information content (AvgIpc) is 3.59. The van der Waals surface area contributed by atoms with E-state index in [4.69, 9.17) is 9.98 Å². The molecule has 0 N–H and O–H groups in total. The molecule has 0 unspecified atom stereocenters. The molecule has 0 fully saturated rings. The van der Waals surface area contributed by atoms with Gasteiger partial charge in [-0.25, -0.2) is 0 Å². The van der Waals surface area contributed by atoms with Gasteiger partial charge in [-0.15, -0.1) is 0 Å². The molecule has 4 heteroatoms. The molecule has 0 bridgehead atoms. The van der Waals surface area contributed by atoms with E-state index in [2.05, 4.69) is 247 Å². The third kappa shape index (κ3) is 6.74. The molecule has 0 atom stereocenters. The molecule has 0 saturated heterocycles. The topological polar surface area (TPSA) is 31.2 Å². The summed E-state index contributed by atoms with van der Waals surface area (Å²) < 4.78 is 0. The third-order valence-electron chi connectivity index (χ3n) is 13.5. The van der Waals surface area contributed by atoms with E-state index >= 15 is 0 Å². The number of nitrogens with zero attached hydrogens (tertiary/aromatic N) is 4. The van der Waals surface area contributed by atoms with E-state index in [0.717, 1.165) is 56.4 Å². The van der Waals surface area contributed by atoms with Gasteiger partial charge < -0.3 is 9.80 Å². The number of rotatable bonds is 8. The molecule has 7 aromatic carbocycles. The highest BCUT2D eigenvalue weighted by Crippen LogP contribution is 2.44. The molecule has 0 amide bonds. The SMILES string of the molecule is CC1(C)N=C(c2ccc(-c3cc(-c4ccc(C5=NC(C)(C)C(C)(C)N5c5ccccc5)cc4)cc(-c4cccc(-c5ccccc5)c4)c3)cc2)N(c2ccccc2)C1(C)C. The van der Waals surface area contributed by atoms with Crippen LogP contribution in [0.2, 0.25) is 0 Å². The van der Waals surface area contributed by atoms with Crippen molar-refractivity contribution in [3.05, 3.63) is 193 Å². The first-order chi connectivity index (χ1) is 28.7. The second-order valence-electron chi connectivity index (χ2n) is 18.3. The van der Waals surface area contributed by atoms with Gasteiger partial charge in [0.2, 0.25) is 0 Å². The van der Waals surface area contributed by atoms with Crippen LogP contribution in [0.15, 0.2) is 192 Å². The minimum absolute atomic E-state index is 0.216. The molecule has 0 saturated carbocycles. The lowest BCUT2D eigenvalue weighted by Crippen LogP contribution is -2.53. The molecule has 60 heavy (non-hydrogen) atoms. The highest BCUT2D eigenvalue weighted by atomic mass is 15.3. The molecule has 0 aromatic heterocycles. The lowest BCUT2D eigenvalue weighted by atomic mass is 9.83. The van der Waals surface area contributed by atoms with Crippen LogP contribution >= 0.6 is 0 Å². The van der Waals surface area contributed by atoms with Crippen LogP contribution in [0.4, 0.5) is 11.4 Å². The van der Waals surface area contributed by atoms with E-state index in [1.165, 1.54) is 22.3 Å². The molecule has 4 nitrogen and oxygen atoms in total. The molecule has 2 aliphatic rings. The van der Waals surface area contributed by atoms with Crippen molar-refractivity contribution in [1.29, 1.82) is 0 Å². The van der Waals surface area contributed by atoms with Gasteiger partial charge in [-0.2, -0.15) is 0 Å². The van der Waals surface area contributed by atoms with Crippen LogP contribution in [-0.2, 0) is 0 Å². The third-order valence-corrected chi connectivity index (χ3v) is 13.5. The van der Waals surface area contributed by atoms with Crippen LogP contribution in [0.25, 0.3) is 44.5 Å². The van der Waals surface area contributed by atoms with Gasteiger partial charge in [-0.1, -0.05) is 133 Å². The van der Waals surface area contributed by atoms with Gasteiger partial charge in [0.15, 0.2) is 0 Å². The van der Waals surface area contributed by atoms with Crippen LogP contribution in [0, 0.1) is 0 Å². The number of anilines is 2. The van der Waals surface area contributed by atoms with E-state index in [9.17, 15) is 0 Å². The molecule has 298 valence electrons. The molecule has 2 heterocycles. The highest BCUT2D eigenvalue weighted by molar-refractivity contribution is 6.14. The number of benzene rings is 7. The zero-order chi connectivity index (χ0) is 41.9. The quantitative estimate of drug-likeness (QED) is 0.154. The predicted octanol–water partition coefficient (Wildman–Crippen LogP) is 14.0. The van der Waals surface area contributed by atoms with Crippen LogP contribution in [-0.4, -0.2) is 33.8 Å². The number of hydrogen-bond acceptors (Lipinski definition) is 4. The Kier molecular flexibility index (Phi) is 9.51. The van der Waals surface area contributed by atoms with Crippen molar-refractivity contribution in [2.45, 2.75) is 77.5 Å². The van der Waals surface area contributed by atoms with Crippen molar-refractivity contribution in [3.8, 4) is 44.5 Å². The monoisotopic (exact) mass is 782 g/mol. The minimum atomic E-state index is -0.277. The standard InChI is InChI=1S/C56H54N4/c1-53(2)55(5,6)59(49-23-14-10-15-24-49)51(57-53)42-31-27-40(28-32-42)46-36-47(38-48(37-46)45-22-18-21-44(35-45)39-19-12-9-13-20-39)41-29-33-43(34-30-41)52-58-54(3,4)56(7,8)60(52)50-25-16-11-17-26-50/h9-38H,1-8H3. The Morgan fingerprint density at radius 1 is 0.283 bits per heavy atom. The van der Waals surface area contributed by atoms with Crippen molar-refractivity contribution in [2.75, 3.05) is 9.80 Å². The van der Waals surface area contributed by atoms with Gasteiger partial charge in [0.1, 0.15) is 11.7 Å². The molecule has 9 rings (SSSR count). The van der Waals surface area contributed by atoms with E-state index in [-0.39, 0.29) is 22.2 Å². The Morgan fingerprint density at radius 2 is 0.567 bits per heavy atom.